The van der Waals surface area contributed by atoms with Crippen LogP contribution < -0.4 is 9.47 Å². The summed E-state index contributed by atoms with van der Waals surface area (Å²) >= 11 is 0. The Morgan fingerprint density at radius 2 is 2.00 bits per heavy atom. The number of carboxylic acid groups (broad SMARTS) is 1. The molecule has 0 heterocycles. The minimum atomic E-state index is -0.903. The molecule has 1 aliphatic rings. The Bertz CT molecular complexity index is 538. The molecule has 102 valence electrons. The summed E-state index contributed by atoms with van der Waals surface area (Å²) in [7, 11) is 3.04. The number of benzene rings is 1. The summed E-state index contributed by atoms with van der Waals surface area (Å²) in [6.45, 7) is 0. The highest BCUT2D eigenvalue weighted by molar-refractivity contribution is 6.08. The van der Waals surface area contributed by atoms with Crippen molar-refractivity contribution in [3.05, 3.63) is 23.3 Å². The summed E-state index contributed by atoms with van der Waals surface area (Å²) in [5, 5.41) is 21.3. The van der Waals surface area contributed by atoms with Crippen LogP contribution in [0.2, 0.25) is 0 Å². The Morgan fingerprint density at radius 3 is 2.53 bits per heavy atom. The van der Waals surface area contributed by atoms with E-state index in [2.05, 4.69) is 5.16 Å². The lowest BCUT2D eigenvalue weighted by molar-refractivity contribution is -0.137. The van der Waals surface area contributed by atoms with E-state index in [4.69, 9.17) is 19.8 Å². The van der Waals surface area contributed by atoms with E-state index < -0.39 is 5.97 Å². The summed E-state index contributed by atoms with van der Waals surface area (Å²) in [4.78, 5) is 10.9. The van der Waals surface area contributed by atoms with Gasteiger partial charge in [-0.25, -0.2) is 0 Å². The second-order valence-corrected chi connectivity index (χ2v) is 4.30. The lowest BCUT2D eigenvalue weighted by Crippen LogP contribution is -2.05. The molecule has 0 aliphatic heterocycles. The number of nitrogens with zero attached hydrogens (tertiary/aromatic N) is 1. The van der Waals surface area contributed by atoms with Crippen molar-refractivity contribution in [2.24, 2.45) is 5.16 Å². The molecule has 2 N–H and O–H groups in total. The van der Waals surface area contributed by atoms with Crippen molar-refractivity contribution >= 4 is 11.7 Å². The maximum Gasteiger partial charge on any atom is 0.303 e. The third-order valence-electron chi connectivity index (χ3n) is 3.29. The summed E-state index contributed by atoms with van der Waals surface area (Å²) in [5.41, 5.74) is 1.80. The van der Waals surface area contributed by atoms with Gasteiger partial charge in [0, 0.05) is 23.5 Å². The summed E-state index contributed by atoms with van der Waals surface area (Å²) in [6, 6.07) is 3.44. The van der Waals surface area contributed by atoms with Crippen LogP contribution in [0.4, 0.5) is 0 Å². The van der Waals surface area contributed by atoms with Gasteiger partial charge < -0.3 is 19.8 Å². The van der Waals surface area contributed by atoms with E-state index in [1.165, 1.54) is 14.2 Å². The van der Waals surface area contributed by atoms with Gasteiger partial charge >= 0.3 is 5.97 Å². The fraction of sp³-hybridized carbons (Fsp3) is 0.385. The number of hydrogen-bond acceptors (Lipinski definition) is 5. The second kappa shape index (κ2) is 5.17. The minimum absolute atomic E-state index is 0.0461. The number of aliphatic carboxylic acids is 1. The van der Waals surface area contributed by atoms with E-state index in [1.54, 1.807) is 12.1 Å². The molecule has 0 fully saturated rings. The van der Waals surface area contributed by atoms with Crippen molar-refractivity contribution in [2.45, 2.75) is 18.8 Å². The molecule has 1 aliphatic carbocycles. The van der Waals surface area contributed by atoms with E-state index in [1.807, 2.05) is 0 Å². The van der Waals surface area contributed by atoms with Gasteiger partial charge in [-0.05, 0) is 12.1 Å². The zero-order chi connectivity index (χ0) is 14.0. The minimum Gasteiger partial charge on any atom is -0.496 e. The van der Waals surface area contributed by atoms with Gasteiger partial charge in [-0.1, -0.05) is 5.16 Å². The number of fused-ring (bicyclic) bond motifs is 1. The molecule has 1 aromatic carbocycles. The van der Waals surface area contributed by atoms with Crippen molar-refractivity contribution in [1.82, 2.24) is 0 Å². The first-order chi connectivity index (χ1) is 9.12. The molecular formula is C13H15NO5. The van der Waals surface area contributed by atoms with Gasteiger partial charge in [-0.3, -0.25) is 4.79 Å². The number of methoxy groups -OCH3 is 2. The topological polar surface area (TPSA) is 88.4 Å². The van der Waals surface area contributed by atoms with Gasteiger partial charge in [0.2, 0.25) is 0 Å². The Hall–Kier alpha value is -2.24. The molecule has 0 spiro atoms. The largest absolute Gasteiger partial charge is 0.496 e. The average Bonchev–Trinajstić information content (AvgIpc) is 2.76. The molecule has 1 atom stereocenters. The molecule has 0 bridgehead atoms. The Morgan fingerprint density at radius 1 is 1.37 bits per heavy atom. The fourth-order valence-electron chi connectivity index (χ4n) is 2.54. The fourth-order valence-corrected chi connectivity index (χ4v) is 2.54. The Kier molecular flexibility index (Phi) is 3.59. The molecule has 0 amide bonds. The zero-order valence-electron chi connectivity index (χ0n) is 10.7. The third-order valence-corrected chi connectivity index (χ3v) is 3.29. The summed E-state index contributed by atoms with van der Waals surface area (Å²) < 4.78 is 10.5. The van der Waals surface area contributed by atoms with Gasteiger partial charge in [0.25, 0.3) is 0 Å². The maximum absolute atomic E-state index is 10.9. The number of carbonyl (C=O) groups is 1. The molecule has 0 saturated heterocycles. The van der Waals surface area contributed by atoms with Crippen LogP contribution in [0.5, 0.6) is 11.5 Å². The molecule has 1 unspecified atom stereocenters. The van der Waals surface area contributed by atoms with E-state index in [-0.39, 0.29) is 12.3 Å². The zero-order valence-corrected chi connectivity index (χ0v) is 10.7. The molecule has 0 radical (unpaired) electrons. The molecule has 2 rings (SSSR count). The lowest BCUT2D eigenvalue weighted by atomic mass is 9.96. The van der Waals surface area contributed by atoms with E-state index >= 15 is 0 Å². The summed E-state index contributed by atoms with van der Waals surface area (Å²) in [6.07, 6.45) is 0.310. The van der Waals surface area contributed by atoms with Crippen LogP contribution in [0.3, 0.4) is 0 Å². The number of rotatable bonds is 4. The van der Waals surface area contributed by atoms with Gasteiger partial charge in [-0.2, -0.15) is 0 Å². The highest BCUT2D eigenvalue weighted by Gasteiger charge is 2.35. The van der Waals surface area contributed by atoms with Crippen LogP contribution in [0.1, 0.15) is 29.9 Å². The van der Waals surface area contributed by atoms with Crippen LogP contribution in [0, 0.1) is 0 Å². The predicted octanol–water partition coefficient (Wildman–Crippen LogP) is 1.84. The third kappa shape index (κ3) is 2.21. The molecule has 0 saturated carbocycles. The van der Waals surface area contributed by atoms with Crippen LogP contribution in [-0.4, -0.2) is 36.2 Å². The van der Waals surface area contributed by atoms with Crippen molar-refractivity contribution in [2.75, 3.05) is 14.2 Å². The molecule has 6 nitrogen and oxygen atoms in total. The Balaban J connectivity index is 2.60. The molecule has 6 heteroatoms. The molecule has 0 aromatic heterocycles. The predicted molar refractivity (Wildman–Crippen MR) is 67.5 cm³/mol. The molecular weight excluding hydrogens is 250 g/mol. The van der Waals surface area contributed by atoms with Crippen LogP contribution in [0.25, 0.3) is 0 Å². The quantitative estimate of drug-likeness (QED) is 0.640. The van der Waals surface area contributed by atoms with Gasteiger partial charge in [-0.15, -0.1) is 0 Å². The highest BCUT2D eigenvalue weighted by atomic mass is 16.5. The van der Waals surface area contributed by atoms with Gasteiger partial charge in [0.1, 0.15) is 11.5 Å². The first-order valence-corrected chi connectivity index (χ1v) is 5.80. The van der Waals surface area contributed by atoms with Crippen molar-refractivity contribution in [3.8, 4) is 11.5 Å². The number of oxime groups is 1. The second-order valence-electron chi connectivity index (χ2n) is 4.30. The van der Waals surface area contributed by atoms with E-state index in [0.717, 1.165) is 5.56 Å². The molecule has 1 aromatic rings. The first kappa shape index (κ1) is 13.2. The van der Waals surface area contributed by atoms with Crippen LogP contribution >= 0.6 is 0 Å². The van der Waals surface area contributed by atoms with Crippen LogP contribution in [0.15, 0.2) is 17.3 Å². The SMILES string of the molecule is COc1ccc(OC)c2c1/C(=N\O)CC2CC(=O)O. The lowest BCUT2D eigenvalue weighted by Gasteiger charge is -2.14. The van der Waals surface area contributed by atoms with E-state index in [9.17, 15) is 4.79 Å². The van der Waals surface area contributed by atoms with E-state index in [0.29, 0.717) is 29.2 Å². The van der Waals surface area contributed by atoms with Gasteiger partial charge in [0.05, 0.1) is 26.4 Å². The van der Waals surface area contributed by atoms with Gasteiger partial charge in [0.15, 0.2) is 0 Å². The number of ether oxygens (including phenoxy) is 2. The average molecular weight is 265 g/mol. The normalized spacial score (nSPS) is 19.3. The smallest absolute Gasteiger partial charge is 0.303 e. The van der Waals surface area contributed by atoms with Crippen LogP contribution in [-0.2, 0) is 4.79 Å². The number of carboxylic acids is 1. The highest BCUT2D eigenvalue weighted by Crippen LogP contribution is 2.45. The maximum atomic E-state index is 10.9. The monoisotopic (exact) mass is 265 g/mol. The Labute approximate surface area is 110 Å². The van der Waals surface area contributed by atoms with Crippen molar-refractivity contribution in [3.63, 3.8) is 0 Å². The standard InChI is InChI=1S/C13H15NO5/c1-18-9-3-4-10(19-2)13-8(14-17)5-7(12(9)13)6-11(15)16/h3-4,7,17H,5-6H2,1-2H3,(H,15,16)/b14-8-. The summed E-state index contributed by atoms with van der Waals surface area (Å²) in [5.74, 6) is -0.0411. The first-order valence-electron chi connectivity index (χ1n) is 5.80. The van der Waals surface area contributed by atoms with Crippen molar-refractivity contribution < 1.29 is 24.6 Å². The molecule has 19 heavy (non-hydrogen) atoms. The number of hydrogen-bond donors (Lipinski definition) is 2. The van der Waals surface area contributed by atoms with Crippen molar-refractivity contribution in [1.29, 1.82) is 0 Å².